The van der Waals surface area contributed by atoms with Crippen molar-refractivity contribution >= 4 is 5.91 Å². The zero-order valence-electron chi connectivity index (χ0n) is 13.3. The monoisotopic (exact) mass is 295 g/mol. The van der Waals surface area contributed by atoms with Crippen LogP contribution in [-0.2, 0) is 9.47 Å². The van der Waals surface area contributed by atoms with Gasteiger partial charge in [-0.3, -0.25) is 4.79 Å². The predicted octanol–water partition coefficient (Wildman–Crippen LogP) is 2.90. The number of ether oxygens (including phenoxy) is 3. The van der Waals surface area contributed by atoms with Crippen LogP contribution in [0.3, 0.4) is 0 Å². The molecule has 0 radical (unpaired) electrons. The minimum Gasteiger partial charge on any atom is -0.441 e. The number of hydrogen-bond acceptors (Lipinski definition) is 4. The molecule has 0 heterocycles. The Morgan fingerprint density at radius 1 is 1.00 bits per heavy atom. The second kappa shape index (κ2) is 9.37. The van der Waals surface area contributed by atoms with E-state index < -0.39 is 6.48 Å². The minimum absolute atomic E-state index is 0.0257. The summed E-state index contributed by atoms with van der Waals surface area (Å²) >= 11 is 0. The average molecular weight is 295 g/mol. The normalized spacial score (nSPS) is 10.7. The van der Waals surface area contributed by atoms with Gasteiger partial charge in [-0.25, -0.2) is 0 Å². The van der Waals surface area contributed by atoms with E-state index in [0.29, 0.717) is 37.6 Å². The van der Waals surface area contributed by atoms with E-state index in [0.717, 1.165) is 0 Å². The molecule has 0 aliphatic heterocycles. The highest BCUT2D eigenvalue weighted by Gasteiger charge is 2.13. The van der Waals surface area contributed by atoms with Gasteiger partial charge in [-0.2, -0.15) is 0 Å². The van der Waals surface area contributed by atoms with E-state index in [-0.39, 0.29) is 5.91 Å². The van der Waals surface area contributed by atoms with Gasteiger partial charge in [0.25, 0.3) is 5.91 Å². The first-order chi connectivity index (χ1) is 10.2. The Hall–Kier alpha value is -1.59. The fourth-order valence-corrected chi connectivity index (χ4v) is 1.87. The van der Waals surface area contributed by atoms with Crippen LogP contribution in [0.5, 0.6) is 5.75 Å². The number of rotatable bonds is 9. The Balaban J connectivity index is 2.70. The molecule has 0 N–H and O–H groups in total. The van der Waals surface area contributed by atoms with Crippen molar-refractivity contribution in [1.82, 2.24) is 4.90 Å². The molecule has 21 heavy (non-hydrogen) atoms. The lowest BCUT2D eigenvalue weighted by molar-refractivity contribution is -0.242. The highest BCUT2D eigenvalue weighted by molar-refractivity contribution is 5.94. The summed E-state index contributed by atoms with van der Waals surface area (Å²) in [6.07, 6.45) is 0. The van der Waals surface area contributed by atoms with Gasteiger partial charge in [-0.1, -0.05) is 0 Å². The Morgan fingerprint density at radius 3 is 1.95 bits per heavy atom. The summed E-state index contributed by atoms with van der Waals surface area (Å²) in [6, 6.07) is 7.01. The predicted molar refractivity (Wildman–Crippen MR) is 81.4 cm³/mol. The van der Waals surface area contributed by atoms with E-state index in [2.05, 4.69) is 0 Å². The van der Waals surface area contributed by atoms with E-state index in [1.807, 2.05) is 27.7 Å². The van der Waals surface area contributed by atoms with Gasteiger partial charge in [0.15, 0.2) is 0 Å². The third-order valence-electron chi connectivity index (χ3n) is 2.99. The Morgan fingerprint density at radius 2 is 1.52 bits per heavy atom. The summed E-state index contributed by atoms with van der Waals surface area (Å²) in [5.41, 5.74) is 0.649. The van der Waals surface area contributed by atoms with Crippen LogP contribution >= 0.6 is 0 Å². The number of carbonyl (C=O) groups is 1. The Labute approximate surface area is 126 Å². The first-order valence-electron chi connectivity index (χ1n) is 7.45. The Bertz CT molecular complexity index is 409. The largest absolute Gasteiger partial charge is 0.441 e. The van der Waals surface area contributed by atoms with Crippen molar-refractivity contribution in [2.45, 2.75) is 34.2 Å². The molecule has 0 aliphatic rings. The lowest BCUT2D eigenvalue weighted by Crippen LogP contribution is -2.30. The topological polar surface area (TPSA) is 48.0 Å². The molecule has 0 fully saturated rings. The second-order valence-electron chi connectivity index (χ2n) is 4.32. The fraction of sp³-hybridized carbons (Fsp3) is 0.562. The third-order valence-corrected chi connectivity index (χ3v) is 2.99. The number of benzene rings is 1. The molecule has 0 aliphatic carbocycles. The summed E-state index contributed by atoms with van der Waals surface area (Å²) < 4.78 is 16.2. The molecule has 1 rings (SSSR count). The van der Waals surface area contributed by atoms with Gasteiger partial charge in [-0.05, 0) is 52.0 Å². The molecule has 0 bridgehead atoms. The van der Waals surface area contributed by atoms with Crippen LogP contribution < -0.4 is 4.74 Å². The number of carbonyl (C=O) groups excluding carboxylic acids is 1. The van der Waals surface area contributed by atoms with Crippen molar-refractivity contribution in [3.8, 4) is 5.75 Å². The SMILES string of the molecule is CCOC(OCC)Oc1ccc(C(=O)N(CC)CC)cc1. The van der Waals surface area contributed by atoms with Crippen molar-refractivity contribution in [2.75, 3.05) is 26.3 Å². The van der Waals surface area contributed by atoms with Crippen LogP contribution in [0.1, 0.15) is 38.1 Å². The van der Waals surface area contributed by atoms with Crippen LogP contribution in [0.2, 0.25) is 0 Å². The molecule has 0 spiro atoms. The lowest BCUT2D eigenvalue weighted by Gasteiger charge is -2.20. The van der Waals surface area contributed by atoms with Gasteiger partial charge in [-0.15, -0.1) is 0 Å². The van der Waals surface area contributed by atoms with E-state index in [1.165, 1.54) is 0 Å². The molecule has 5 heteroatoms. The maximum atomic E-state index is 12.2. The van der Waals surface area contributed by atoms with Gasteiger partial charge in [0.2, 0.25) is 0 Å². The van der Waals surface area contributed by atoms with E-state index in [9.17, 15) is 4.79 Å². The molecule has 1 amide bonds. The average Bonchev–Trinajstić information content (AvgIpc) is 2.49. The molecule has 118 valence electrons. The zero-order valence-corrected chi connectivity index (χ0v) is 13.3. The summed E-state index contributed by atoms with van der Waals surface area (Å²) in [5.74, 6) is 0.635. The summed E-state index contributed by atoms with van der Waals surface area (Å²) in [7, 11) is 0. The zero-order chi connectivity index (χ0) is 15.7. The minimum atomic E-state index is -0.718. The van der Waals surface area contributed by atoms with E-state index in [4.69, 9.17) is 14.2 Å². The fourth-order valence-electron chi connectivity index (χ4n) is 1.87. The van der Waals surface area contributed by atoms with Crippen LogP contribution in [0.25, 0.3) is 0 Å². The molecule has 0 aromatic heterocycles. The summed E-state index contributed by atoms with van der Waals surface area (Å²) in [4.78, 5) is 14.0. The van der Waals surface area contributed by atoms with Crippen molar-refractivity contribution in [3.63, 3.8) is 0 Å². The molecular weight excluding hydrogens is 270 g/mol. The summed E-state index contributed by atoms with van der Waals surface area (Å²) in [5, 5.41) is 0. The third kappa shape index (κ3) is 5.36. The smallest absolute Gasteiger partial charge is 0.315 e. The second-order valence-corrected chi connectivity index (χ2v) is 4.32. The van der Waals surface area contributed by atoms with Gasteiger partial charge >= 0.3 is 6.48 Å². The highest BCUT2D eigenvalue weighted by Crippen LogP contribution is 2.16. The van der Waals surface area contributed by atoms with Crippen LogP contribution in [0.4, 0.5) is 0 Å². The standard InChI is InChI=1S/C16H25NO4/c1-5-17(6-2)15(18)13-9-11-14(12-10-13)21-16(19-7-3)20-8-4/h9-12,16H,5-8H2,1-4H3. The maximum absolute atomic E-state index is 12.2. The molecule has 0 unspecified atom stereocenters. The van der Waals surface area contributed by atoms with Crippen molar-refractivity contribution < 1.29 is 19.0 Å². The van der Waals surface area contributed by atoms with Crippen molar-refractivity contribution in [1.29, 1.82) is 0 Å². The quantitative estimate of drug-likeness (QED) is 0.657. The molecule has 0 saturated heterocycles. The van der Waals surface area contributed by atoms with E-state index in [1.54, 1.807) is 29.2 Å². The van der Waals surface area contributed by atoms with Gasteiger partial charge in [0.1, 0.15) is 5.75 Å². The summed E-state index contributed by atoms with van der Waals surface area (Å²) in [6.45, 7) is 9.37. The van der Waals surface area contributed by atoms with Crippen LogP contribution in [0, 0.1) is 0 Å². The van der Waals surface area contributed by atoms with Crippen LogP contribution in [0.15, 0.2) is 24.3 Å². The molecule has 5 nitrogen and oxygen atoms in total. The van der Waals surface area contributed by atoms with Gasteiger partial charge < -0.3 is 19.1 Å². The van der Waals surface area contributed by atoms with Crippen molar-refractivity contribution in [3.05, 3.63) is 29.8 Å². The Kier molecular flexibility index (Phi) is 7.79. The molecule has 0 saturated carbocycles. The molecule has 1 aromatic rings. The van der Waals surface area contributed by atoms with Gasteiger partial charge in [0.05, 0.1) is 13.2 Å². The highest BCUT2D eigenvalue weighted by atomic mass is 16.8. The first kappa shape index (κ1) is 17.5. The van der Waals surface area contributed by atoms with E-state index >= 15 is 0 Å². The first-order valence-corrected chi connectivity index (χ1v) is 7.45. The molecule has 0 atom stereocenters. The molecular formula is C16H25NO4. The van der Waals surface area contributed by atoms with Crippen molar-refractivity contribution in [2.24, 2.45) is 0 Å². The lowest BCUT2D eigenvalue weighted by atomic mass is 10.2. The maximum Gasteiger partial charge on any atom is 0.315 e. The van der Waals surface area contributed by atoms with Crippen LogP contribution in [-0.4, -0.2) is 43.6 Å². The number of nitrogens with zero attached hydrogens (tertiary/aromatic N) is 1. The number of hydrogen-bond donors (Lipinski definition) is 0. The van der Waals surface area contributed by atoms with Gasteiger partial charge in [0, 0.05) is 18.7 Å². The number of amides is 1. The molecule has 1 aromatic carbocycles.